The summed E-state index contributed by atoms with van der Waals surface area (Å²) in [7, 11) is 0. The number of hydrogen-bond acceptors (Lipinski definition) is 2. The minimum atomic E-state index is -0.252. The highest BCUT2D eigenvalue weighted by Crippen LogP contribution is 2.15. The van der Waals surface area contributed by atoms with E-state index in [0.29, 0.717) is 24.0 Å². The van der Waals surface area contributed by atoms with Crippen LogP contribution in [0.15, 0.2) is 53.3 Å². The van der Waals surface area contributed by atoms with Gasteiger partial charge in [0.15, 0.2) is 0 Å². The van der Waals surface area contributed by atoms with Gasteiger partial charge in [0.1, 0.15) is 0 Å². The number of aryl methyl sites for hydroxylation is 1. The van der Waals surface area contributed by atoms with Crippen molar-refractivity contribution in [3.05, 3.63) is 64.6 Å². The minimum absolute atomic E-state index is 0.0453. The number of carbonyl (C=O) groups excluding carboxylic acids is 1. The van der Waals surface area contributed by atoms with Gasteiger partial charge in [-0.2, -0.15) is 0 Å². The summed E-state index contributed by atoms with van der Waals surface area (Å²) in [5.41, 5.74) is 2.97. The van der Waals surface area contributed by atoms with Gasteiger partial charge < -0.3 is 15.3 Å². The molecule has 1 heterocycles. The summed E-state index contributed by atoms with van der Waals surface area (Å²) in [6, 6.07) is 15.2. The van der Waals surface area contributed by atoms with E-state index in [1.807, 2.05) is 30.3 Å². The van der Waals surface area contributed by atoms with Crippen LogP contribution in [-0.4, -0.2) is 15.9 Å². The first-order valence-electron chi connectivity index (χ1n) is 6.76. The highest BCUT2D eigenvalue weighted by Gasteiger charge is 2.05. The van der Waals surface area contributed by atoms with Crippen LogP contribution in [0.25, 0.3) is 11.0 Å². The number of imidazole rings is 1. The number of amides is 1. The third-order valence-corrected chi connectivity index (χ3v) is 3.28. The minimum Gasteiger partial charge on any atom is -0.326 e. The lowest BCUT2D eigenvalue weighted by atomic mass is 10.1. The number of benzene rings is 2. The van der Waals surface area contributed by atoms with Crippen LogP contribution in [0.1, 0.15) is 12.0 Å². The number of aromatic amines is 2. The van der Waals surface area contributed by atoms with Crippen molar-refractivity contribution in [3.63, 3.8) is 0 Å². The van der Waals surface area contributed by atoms with Gasteiger partial charge >= 0.3 is 5.69 Å². The van der Waals surface area contributed by atoms with Gasteiger partial charge in [-0.05, 0) is 30.2 Å². The Labute approximate surface area is 121 Å². The smallest absolute Gasteiger partial charge is 0.323 e. The first kappa shape index (κ1) is 13.2. The lowest BCUT2D eigenvalue weighted by Crippen LogP contribution is -2.12. The normalized spacial score (nSPS) is 10.7. The highest BCUT2D eigenvalue weighted by atomic mass is 16.1. The van der Waals surface area contributed by atoms with E-state index in [-0.39, 0.29) is 11.6 Å². The van der Waals surface area contributed by atoms with E-state index < -0.39 is 0 Å². The Morgan fingerprint density at radius 2 is 1.76 bits per heavy atom. The molecule has 3 rings (SSSR count). The van der Waals surface area contributed by atoms with Crippen molar-refractivity contribution in [2.45, 2.75) is 12.8 Å². The average molecular weight is 281 g/mol. The monoisotopic (exact) mass is 281 g/mol. The Kier molecular flexibility index (Phi) is 3.55. The summed E-state index contributed by atoms with van der Waals surface area (Å²) >= 11 is 0. The van der Waals surface area contributed by atoms with Gasteiger partial charge in [-0.1, -0.05) is 30.3 Å². The molecule has 0 saturated heterocycles. The maximum Gasteiger partial charge on any atom is 0.323 e. The Morgan fingerprint density at radius 1 is 1.00 bits per heavy atom. The van der Waals surface area contributed by atoms with Gasteiger partial charge in [-0.15, -0.1) is 0 Å². The molecule has 0 atom stereocenters. The zero-order chi connectivity index (χ0) is 14.7. The maximum atomic E-state index is 11.9. The highest BCUT2D eigenvalue weighted by molar-refractivity contribution is 5.93. The predicted molar refractivity (Wildman–Crippen MR) is 82.3 cm³/mol. The number of rotatable bonds is 4. The molecule has 3 N–H and O–H groups in total. The fourth-order valence-corrected chi connectivity index (χ4v) is 2.24. The van der Waals surface area contributed by atoms with E-state index in [1.165, 1.54) is 0 Å². The van der Waals surface area contributed by atoms with Crippen LogP contribution in [0, 0.1) is 0 Å². The van der Waals surface area contributed by atoms with Crippen LogP contribution in [0.5, 0.6) is 0 Å². The predicted octanol–water partition coefficient (Wildman–Crippen LogP) is 2.43. The lowest BCUT2D eigenvalue weighted by Gasteiger charge is -2.05. The molecular formula is C16H15N3O2. The molecule has 1 amide bonds. The summed E-state index contributed by atoms with van der Waals surface area (Å²) in [4.78, 5) is 28.4. The topological polar surface area (TPSA) is 77.8 Å². The van der Waals surface area contributed by atoms with Gasteiger partial charge in [0, 0.05) is 12.1 Å². The molecule has 5 nitrogen and oxygen atoms in total. The molecule has 2 aromatic carbocycles. The number of hydrogen-bond donors (Lipinski definition) is 3. The van der Waals surface area contributed by atoms with Gasteiger partial charge in [-0.3, -0.25) is 4.79 Å². The molecule has 0 bridgehead atoms. The van der Waals surface area contributed by atoms with Crippen LogP contribution in [0.3, 0.4) is 0 Å². The molecule has 0 radical (unpaired) electrons. The quantitative estimate of drug-likeness (QED) is 0.686. The Bertz CT molecular complexity index is 818. The van der Waals surface area contributed by atoms with Crippen molar-refractivity contribution in [3.8, 4) is 0 Å². The number of H-pyrrole nitrogens is 2. The molecule has 0 spiro atoms. The Morgan fingerprint density at radius 3 is 2.57 bits per heavy atom. The third kappa shape index (κ3) is 3.20. The second-order valence-corrected chi connectivity index (χ2v) is 4.87. The van der Waals surface area contributed by atoms with Crippen molar-refractivity contribution < 1.29 is 4.79 Å². The third-order valence-electron chi connectivity index (χ3n) is 3.28. The molecule has 0 fully saturated rings. The number of carbonyl (C=O) groups is 1. The van der Waals surface area contributed by atoms with E-state index in [9.17, 15) is 9.59 Å². The van der Waals surface area contributed by atoms with Crippen molar-refractivity contribution in [1.82, 2.24) is 9.97 Å². The van der Waals surface area contributed by atoms with Gasteiger partial charge in [-0.25, -0.2) is 4.79 Å². The largest absolute Gasteiger partial charge is 0.326 e. The molecule has 21 heavy (non-hydrogen) atoms. The van der Waals surface area contributed by atoms with Crippen LogP contribution in [-0.2, 0) is 11.2 Å². The van der Waals surface area contributed by atoms with Gasteiger partial charge in [0.25, 0.3) is 0 Å². The van der Waals surface area contributed by atoms with Crippen molar-refractivity contribution in [1.29, 1.82) is 0 Å². The first-order valence-corrected chi connectivity index (χ1v) is 6.76. The van der Waals surface area contributed by atoms with Gasteiger partial charge in [0.05, 0.1) is 11.0 Å². The molecule has 3 aromatic rings. The number of fused-ring (bicyclic) bond motifs is 1. The summed E-state index contributed by atoms with van der Waals surface area (Å²) in [6.45, 7) is 0. The molecule has 0 aliphatic rings. The van der Waals surface area contributed by atoms with Crippen LogP contribution < -0.4 is 11.0 Å². The van der Waals surface area contributed by atoms with Crippen molar-refractivity contribution in [2.24, 2.45) is 0 Å². The first-order chi connectivity index (χ1) is 10.2. The summed E-state index contributed by atoms with van der Waals surface area (Å²) < 4.78 is 0. The molecule has 0 unspecified atom stereocenters. The second-order valence-electron chi connectivity index (χ2n) is 4.87. The Hall–Kier alpha value is -2.82. The molecule has 1 aromatic heterocycles. The SMILES string of the molecule is O=C(CCc1ccccc1)Nc1ccc2[nH]c(=O)[nH]c2c1. The average Bonchev–Trinajstić information content (AvgIpc) is 2.85. The summed E-state index contributed by atoms with van der Waals surface area (Å²) in [5, 5.41) is 2.84. The van der Waals surface area contributed by atoms with E-state index >= 15 is 0 Å². The lowest BCUT2D eigenvalue weighted by molar-refractivity contribution is -0.116. The molecule has 0 aliphatic heterocycles. The van der Waals surface area contributed by atoms with E-state index in [4.69, 9.17) is 0 Å². The number of anilines is 1. The zero-order valence-electron chi connectivity index (χ0n) is 11.3. The van der Waals surface area contributed by atoms with Crippen molar-refractivity contribution in [2.75, 3.05) is 5.32 Å². The summed E-state index contributed by atoms with van der Waals surface area (Å²) in [5.74, 6) is -0.0453. The standard InChI is InChI=1S/C16H15N3O2/c20-15(9-6-11-4-2-1-3-5-11)17-12-7-8-13-14(10-12)19-16(21)18-13/h1-5,7-8,10H,6,9H2,(H,17,20)(H2,18,19,21). The van der Waals surface area contributed by atoms with Crippen LogP contribution in [0.2, 0.25) is 0 Å². The Balaban J connectivity index is 1.64. The van der Waals surface area contributed by atoms with E-state index in [0.717, 1.165) is 11.1 Å². The van der Waals surface area contributed by atoms with Crippen LogP contribution in [0.4, 0.5) is 5.69 Å². The number of nitrogens with one attached hydrogen (secondary N) is 3. The molecular weight excluding hydrogens is 266 g/mol. The summed E-state index contributed by atoms with van der Waals surface area (Å²) in [6.07, 6.45) is 1.13. The van der Waals surface area contributed by atoms with Gasteiger partial charge in [0.2, 0.25) is 5.91 Å². The van der Waals surface area contributed by atoms with E-state index in [1.54, 1.807) is 18.2 Å². The van der Waals surface area contributed by atoms with E-state index in [2.05, 4.69) is 15.3 Å². The molecule has 5 heteroatoms. The maximum absolute atomic E-state index is 11.9. The second kappa shape index (κ2) is 5.66. The van der Waals surface area contributed by atoms with Crippen molar-refractivity contribution >= 4 is 22.6 Å². The fraction of sp³-hybridized carbons (Fsp3) is 0.125. The fourth-order valence-electron chi connectivity index (χ4n) is 2.24. The van der Waals surface area contributed by atoms with Crippen LogP contribution >= 0.6 is 0 Å². The number of aromatic nitrogens is 2. The molecule has 106 valence electrons. The molecule has 0 saturated carbocycles. The zero-order valence-corrected chi connectivity index (χ0v) is 11.3. The molecule has 0 aliphatic carbocycles.